The standard InChI is InChI=1S/C32H42N10O3/c33-25(12-7-17-38-31(34)35)28(43)41-26(18-21-13-15-24(16-14-21)23-10-5-2-6-11-23)30(45)42-27(20-40-32(36)37)29(44)39-19-22-8-3-1-4-9-22/h1-6,8-11,13-16,25-27H,7,12,17-20,33H2,(H,39,44)(H,41,43)(H,42,45)(H4,34,35,38)(H4,36,37,40)/t25-,26+,27-/m0/s1. The Kier molecular flexibility index (Phi) is 13.3. The molecule has 238 valence electrons. The topological polar surface area (TPSA) is 242 Å². The number of hydrogen-bond acceptors (Lipinski definition) is 6. The fourth-order valence-electron chi connectivity index (χ4n) is 4.41. The zero-order valence-corrected chi connectivity index (χ0v) is 25.1. The number of nitrogens with zero attached hydrogens (tertiary/aromatic N) is 2. The second-order valence-corrected chi connectivity index (χ2v) is 10.4. The second-order valence-electron chi connectivity index (χ2n) is 10.4. The summed E-state index contributed by atoms with van der Waals surface area (Å²) in [4.78, 5) is 47.7. The first-order valence-electron chi connectivity index (χ1n) is 14.6. The van der Waals surface area contributed by atoms with Gasteiger partial charge in [0.2, 0.25) is 17.7 Å². The maximum absolute atomic E-state index is 13.7. The molecule has 45 heavy (non-hydrogen) atoms. The van der Waals surface area contributed by atoms with Crippen LogP contribution in [0, 0.1) is 0 Å². The van der Waals surface area contributed by atoms with E-state index in [1.807, 2.05) is 84.9 Å². The monoisotopic (exact) mass is 614 g/mol. The number of carbonyl (C=O) groups is 3. The molecule has 3 atom stereocenters. The van der Waals surface area contributed by atoms with Crippen LogP contribution in [0.4, 0.5) is 0 Å². The molecule has 13 N–H and O–H groups in total. The molecule has 0 unspecified atom stereocenters. The van der Waals surface area contributed by atoms with E-state index in [-0.39, 0.29) is 37.9 Å². The average molecular weight is 615 g/mol. The van der Waals surface area contributed by atoms with E-state index in [1.165, 1.54) is 0 Å². The lowest BCUT2D eigenvalue weighted by Crippen LogP contribution is -2.57. The van der Waals surface area contributed by atoms with Crippen LogP contribution in [0.15, 0.2) is 94.9 Å². The van der Waals surface area contributed by atoms with Crippen molar-refractivity contribution in [1.82, 2.24) is 16.0 Å². The summed E-state index contributed by atoms with van der Waals surface area (Å²) in [7, 11) is 0. The molecule has 0 aliphatic rings. The largest absolute Gasteiger partial charge is 0.370 e. The van der Waals surface area contributed by atoms with Gasteiger partial charge in [0.1, 0.15) is 12.1 Å². The lowest BCUT2D eigenvalue weighted by atomic mass is 9.99. The first kappa shape index (κ1) is 34.1. The highest BCUT2D eigenvalue weighted by molar-refractivity contribution is 5.93. The van der Waals surface area contributed by atoms with Gasteiger partial charge < -0.3 is 44.6 Å². The van der Waals surface area contributed by atoms with E-state index in [2.05, 4.69) is 25.9 Å². The molecule has 0 fully saturated rings. The minimum Gasteiger partial charge on any atom is -0.370 e. The summed E-state index contributed by atoms with van der Waals surface area (Å²) >= 11 is 0. The molecular formula is C32H42N10O3. The Bertz CT molecular complexity index is 1440. The fraction of sp³-hybridized carbons (Fsp3) is 0.281. The molecule has 0 spiro atoms. The van der Waals surface area contributed by atoms with Crippen LogP contribution in [0.3, 0.4) is 0 Å². The van der Waals surface area contributed by atoms with Gasteiger partial charge in [0, 0.05) is 19.5 Å². The van der Waals surface area contributed by atoms with Crippen molar-refractivity contribution in [3.05, 3.63) is 96.1 Å². The molecule has 3 aromatic carbocycles. The first-order chi connectivity index (χ1) is 21.6. The van der Waals surface area contributed by atoms with E-state index < -0.39 is 35.8 Å². The highest BCUT2D eigenvalue weighted by Gasteiger charge is 2.28. The Balaban J connectivity index is 1.77. The van der Waals surface area contributed by atoms with E-state index in [0.29, 0.717) is 13.0 Å². The molecule has 3 rings (SSSR count). The van der Waals surface area contributed by atoms with E-state index in [1.54, 1.807) is 0 Å². The van der Waals surface area contributed by atoms with E-state index in [9.17, 15) is 14.4 Å². The molecule has 0 aliphatic heterocycles. The smallest absolute Gasteiger partial charge is 0.244 e. The van der Waals surface area contributed by atoms with Gasteiger partial charge in [0.05, 0.1) is 12.6 Å². The number of nitrogens with one attached hydrogen (secondary N) is 3. The number of rotatable bonds is 16. The Labute approximate surface area is 262 Å². The molecule has 13 nitrogen and oxygen atoms in total. The number of amides is 3. The van der Waals surface area contributed by atoms with Crippen LogP contribution in [0.25, 0.3) is 11.1 Å². The van der Waals surface area contributed by atoms with Gasteiger partial charge >= 0.3 is 0 Å². The van der Waals surface area contributed by atoms with Crippen molar-refractivity contribution in [2.75, 3.05) is 13.1 Å². The van der Waals surface area contributed by atoms with Crippen LogP contribution in [-0.2, 0) is 27.3 Å². The Morgan fingerprint density at radius 3 is 1.84 bits per heavy atom. The zero-order chi connectivity index (χ0) is 32.6. The summed E-state index contributed by atoms with van der Waals surface area (Å²) in [5.41, 5.74) is 31.5. The summed E-state index contributed by atoms with van der Waals surface area (Å²) in [5.74, 6) is -1.92. The third-order valence-electron chi connectivity index (χ3n) is 6.84. The Morgan fingerprint density at radius 2 is 1.22 bits per heavy atom. The average Bonchev–Trinajstić information content (AvgIpc) is 3.04. The second kappa shape index (κ2) is 17.6. The number of nitrogens with two attached hydrogens (primary N) is 5. The quantitative estimate of drug-likeness (QED) is 0.0610. The van der Waals surface area contributed by atoms with E-state index in [0.717, 1.165) is 22.3 Å². The van der Waals surface area contributed by atoms with Crippen molar-refractivity contribution in [2.24, 2.45) is 38.7 Å². The van der Waals surface area contributed by atoms with Crippen molar-refractivity contribution in [3.8, 4) is 11.1 Å². The number of hydrogen-bond donors (Lipinski definition) is 8. The van der Waals surface area contributed by atoms with Gasteiger partial charge in [0.15, 0.2) is 11.9 Å². The molecule has 3 aromatic rings. The van der Waals surface area contributed by atoms with Crippen molar-refractivity contribution in [3.63, 3.8) is 0 Å². The predicted molar refractivity (Wildman–Crippen MR) is 176 cm³/mol. The fourth-order valence-corrected chi connectivity index (χ4v) is 4.41. The van der Waals surface area contributed by atoms with E-state index in [4.69, 9.17) is 28.7 Å². The maximum Gasteiger partial charge on any atom is 0.244 e. The Hall–Kier alpha value is -5.43. The third-order valence-corrected chi connectivity index (χ3v) is 6.84. The van der Waals surface area contributed by atoms with Gasteiger partial charge in [-0.05, 0) is 35.1 Å². The van der Waals surface area contributed by atoms with Gasteiger partial charge in [-0.2, -0.15) is 0 Å². The van der Waals surface area contributed by atoms with Crippen molar-refractivity contribution >= 4 is 29.6 Å². The van der Waals surface area contributed by atoms with Crippen LogP contribution in [0.2, 0.25) is 0 Å². The summed E-state index contributed by atoms with van der Waals surface area (Å²) in [6.45, 7) is 0.341. The number of benzene rings is 3. The van der Waals surface area contributed by atoms with Gasteiger partial charge in [-0.25, -0.2) is 0 Å². The van der Waals surface area contributed by atoms with Crippen molar-refractivity contribution in [2.45, 2.75) is 43.9 Å². The summed E-state index contributed by atoms with van der Waals surface area (Å²) < 4.78 is 0. The number of aliphatic imine (C=N–C) groups is 2. The molecule has 0 bridgehead atoms. The van der Waals surface area contributed by atoms with Crippen LogP contribution >= 0.6 is 0 Å². The first-order valence-corrected chi connectivity index (χ1v) is 14.6. The summed E-state index contributed by atoms with van der Waals surface area (Å²) in [6, 6.07) is 23.7. The maximum atomic E-state index is 13.7. The zero-order valence-electron chi connectivity index (χ0n) is 25.1. The molecule has 13 heteroatoms. The highest BCUT2D eigenvalue weighted by Crippen LogP contribution is 2.20. The SMILES string of the molecule is NC(N)=NCCC[C@H](N)C(=O)N[C@H](Cc1ccc(-c2ccccc2)cc1)C(=O)N[C@@H](CN=C(N)N)C(=O)NCc1ccccc1. The Morgan fingerprint density at radius 1 is 0.644 bits per heavy atom. The normalized spacial score (nSPS) is 12.6. The molecule has 3 amide bonds. The number of guanidine groups is 2. The van der Waals surface area contributed by atoms with Crippen molar-refractivity contribution in [1.29, 1.82) is 0 Å². The van der Waals surface area contributed by atoms with Gasteiger partial charge in [-0.3, -0.25) is 24.4 Å². The minimum atomic E-state index is -1.11. The molecule has 0 heterocycles. The van der Waals surface area contributed by atoms with Crippen LogP contribution < -0.4 is 44.6 Å². The lowest BCUT2D eigenvalue weighted by Gasteiger charge is -2.24. The van der Waals surface area contributed by atoms with Crippen LogP contribution in [-0.4, -0.2) is 60.9 Å². The van der Waals surface area contributed by atoms with E-state index >= 15 is 0 Å². The van der Waals surface area contributed by atoms with Crippen molar-refractivity contribution < 1.29 is 14.4 Å². The molecule has 0 saturated carbocycles. The van der Waals surface area contributed by atoms with Gasteiger partial charge in [-0.1, -0.05) is 84.9 Å². The van der Waals surface area contributed by atoms with Crippen LogP contribution in [0.1, 0.15) is 24.0 Å². The molecule has 0 radical (unpaired) electrons. The molecule has 0 aromatic heterocycles. The lowest BCUT2D eigenvalue weighted by molar-refractivity contribution is -0.132. The van der Waals surface area contributed by atoms with Gasteiger partial charge in [0.25, 0.3) is 0 Å². The minimum absolute atomic E-state index is 0.0499. The molecule has 0 aliphatic carbocycles. The third kappa shape index (κ3) is 12.0. The number of carbonyl (C=O) groups excluding carboxylic acids is 3. The van der Waals surface area contributed by atoms with Gasteiger partial charge in [-0.15, -0.1) is 0 Å². The summed E-state index contributed by atoms with van der Waals surface area (Å²) in [5, 5.41) is 8.25. The molecular weight excluding hydrogens is 572 g/mol. The highest BCUT2D eigenvalue weighted by atomic mass is 16.2. The van der Waals surface area contributed by atoms with Crippen LogP contribution in [0.5, 0.6) is 0 Å². The predicted octanol–water partition coefficient (Wildman–Crippen LogP) is -0.164. The molecule has 0 saturated heterocycles. The summed E-state index contributed by atoms with van der Waals surface area (Å²) in [6.07, 6.45) is 0.887.